The maximum Gasteiger partial charge on any atom is 0.219 e. The average Bonchev–Trinajstić information content (AvgIpc) is 2.31. The zero-order valence-electron chi connectivity index (χ0n) is 10.5. The molecule has 4 heteroatoms. The predicted octanol–water partition coefficient (Wildman–Crippen LogP) is 1.01. The second-order valence-corrected chi connectivity index (χ2v) is 4.38. The zero-order valence-corrected chi connectivity index (χ0v) is 10.5. The first kappa shape index (κ1) is 13.5. The van der Waals surface area contributed by atoms with Gasteiger partial charge < -0.3 is 15.0 Å². The molecule has 0 atom stereocenters. The Morgan fingerprint density at radius 1 is 1.44 bits per heavy atom. The third-order valence-electron chi connectivity index (χ3n) is 3.10. The van der Waals surface area contributed by atoms with Crippen LogP contribution >= 0.6 is 0 Å². The molecule has 0 unspecified atom stereocenters. The number of likely N-dealkylation sites (tertiary alicyclic amines) is 1. The third kappa shape index (κ3) is 4.94. The highest BCUT2D eigenvalue weighted by Gasteiger charge is 2.19. The van der Waals surface area contributed by atoms with Crippen LogP contribution in [0.2, 0.25) is 0 Å². The Morgan fingerprint density at radius 2 is 2.12 bits per heavy atom. The number of hydrogen-bond acceptors (Lipinski definition) is 3. The van der Waals surface area contributed by atoms with Crippen LogP contribution in [-0.4, -0.2) is 50.2 Å². The summed E-state index contributed by atoms with van der Waals surface area (Å²) in [5, 5.41) is 3.07. The summed E-state index contributed by atoms with van der Waals surface area (Å²) in [6.45, 7) is 6.04. The van der Waals surface area contributed by atoms with Crippen molar-refractivity contribution in [1.82, 2.24) is 10.2 Å². The van der Waals surface area contributed by atoms with Crippen LogP contribution in [0.5, 0.6) is 0 Å². The molecule has 16 heavy (non-hydrogen) atoms. The van der Waals surface area contributed by atoms with Crippen molar-refractivity contribution in [2.75, 3.05) is 33.4 Å². The molecule has 0 spiro atoms. The van der Waals surface area contributed by atoms with E-state index in [-0.39, 0.29) is 5.91 Å². The molecule has 0 aromatic rings. The maximum absolute atomic E-state index is 11.2. The molecule has 0 bridgehead atoms. The molecule has 1 fully saturated rings. The number of nitrogens with one attached hydrogen (secondary N) is 1. The van der Waals surface area contributed by atoms with Crippen LogP contribution in [0, 0.1) is 0 Å². The van der Waals surface area contributed by atoms with E-state index in [1.807, 2.05) is 6.92 Å². The van der Waals surface area contributed by atoms with Crippen LogP contribution in [-0.2, 0) is 9.53 Å². The van der Waals surface area contributed by atoms with E-state index < -0.39 is 0 Å². The van der Waals surface area contributed by atoms with Crippen molar-refractivity contribution >= 4 is 5.91 Å². The summed E-state index contributed by atoms with van der Waals surface area (Å²) >= 11 is 0. The van der Waals surface area contributed by atoms with Gasteiger partial charge in [0.15, 0.2) is 0 Å². The van der Waals surface area contributed by atoms with Crippen LogP contribution < -0.4 is 5.32 Å². The van der Waals surface area contributed by atoms with E-state index in [0.717, 1.165) is 45.5 Å². The van der Waals surface area contributed by atoms with Crippen LogP contribution in [0.4, 0.5) is 0 Å². The monoisotopic (exact) mass is 228 g/mol. The molecule has 1 saturated heterocycles. The number of piperidine rings is 1. The number of hydrogen-bond donors (Lipinski definition) is 1. The number of methoxy groups -OCH3 is 1. The van der Waals surface area contributed by atoms with Crippen molar-refractivity contribution in [1.29, 1.82) is 0 Å². The van der Waals surface area contributed by atoms with E-state index in [4.69, 9.17) is 4.74 Å². The number of rotatable bonds is 6. The average molecular weight is 228 g/mol. The first-order valence-corrected chi connectivity index (χ1v) is 6.27. The summed E-state index contributed by atoms with van der Waals surface area (Å²) in [4.78, 5) is 13.7. The van der Waals surface area contributed by atoms with Crippen molar-refractivity contribution in [3.63, 3.8) is 0 Å². The van der Waals surface area contributed by atoms with Crippen molar-refractivity contribution in [2.24, 2.45) is 0 Å². The number of carbonyl (C=O) groups excluding carboxylic acids is 1. The first-order valence-electron chi connectivity index (χ1n) is 6.27. The lowest BCUT2D eigenvalue weighted by atomic mass is 10.0. The van der Waals surface area contributed by atoms with E-state index in [1.165, 1.54) is 0 Å². The largest absolute Gasteiger partial charge is 0.385 e. The number of nitrogens with zero attached hydrogens (tertiary/aromatic N) is 1. The SMILES string of the molecule is CCC(=O)NC1CCN(CCCOC)CC1. The molecule has 4 nitrogen and oxygen atoms in total. The summed E-state index contributed by atoms with van der Waals surface area (Å²) in [5.74, 6) is 0.179. The van der Waals surface area contributed by atoms with Gasteiger partial charge in [0, 0.05) is 45.8 Å². The van der Waals surface area contributed by atoms with Crippen molar-refractivity contribution in [3.8, 4) is 0 Å². The summed E-state index contributed by atoms with van der Waals surface area (Å²) < 4.78 is 5.04. The summed E-state index contributed by atoms with van der Waals surface area (Å²) in [6, 6.07) is 0.395. The normalized spacial score (nSPS) is 18.6. The second kappa shape index (κ2) is 7.63. The van der Waals surface area contributed by atoms with E-state index in [2.05, 4.69) is 10.2 Å². The molecule has 0 radical (unpaired) electrons. The van der Waals surface area contributed by atoms with Gasteiger partial charge in [0.2, 0.25) is 5.91 Å². The summed E-state index contributed by atoms with van der Waals surface area (Å²) in [7, 11) is 1.74. The first-order chi connectivity index (χ1) is 7.76. The van der Waals surface area contributed by atoms with Gasteiger partial charge in [-0.05, 0) is 19.3 Å². The van der Waals surface area contributed by atoms with Gasteiger partial charge in [0.1, 0.15) is 0 Å². The third-order valence-corrected chi connectivity index (χ3v) is 3.10. The molecule has 1 rings (SSSR count). The van der Waals surface area contributed by atoms with Crippen LogP contribution in [0.1, 0.15) is 32.6 Å². The van der Waals surface area contributed by atoms with Gasteiger partial charge >= 0.3 is 0 Å². The fourth-order valence-corrected chi connectivity index (χ4v) is 2.06. The molecule has 0 aliphatic carbocycles. The van der Waals surface area contributed by atoms with Gasteiger partial charge in [-0.25, -0.2) is 0 Å². The van der Waals surface area contributed by atoms with E-state index in [1.54, 1.807) is 7.11 Å². The van der Waals surface area contributed by atoms with Gasteiger partial charge in [-0.3, -0.25) is 4.79 Å². The minimum atomic E-state index is 0.179. The van der Waals surface area contributed by atoms with Crippen LogP contribution in [0.3, 0.4) is 0 Å². The Morgan fingerprint density at radius 3 is 2.69 bits per heavy atom. The molecule has 0 saturated carbocycles. The summed E-state index contributed by atoms with van der Waals surface area (Å²) in [5.41, 5.74) is 0. The molecule has 1 amide bonds. The Hall–Kier alpha value is -0.610. The molecule has 0 aromatic carbocycles. The number of amides is 1. The lowest BCUT2D eigenvalue weighted by molar-refractivity contribution is -0.121. The molecule has 1 aliphatic heterocycles. The molecular weight excluding hydrogens is 204 g/mol. The molecule has 0 aromatic heterocycles. The number of ether oxygens (including phenoxy) is 1. The highest BCUT2D eigenvalue weighted by atomic mass is 16.5. The number of carbonyl (C=O) groups is 1. The Bertz CT molecular complexity index is 201. The van der Waals surface area contributed by atoms with Crippen molar-refractivity contribution < 1.29 is 9.53 Å². The zero-order chi connectivity index (χ0) is 11.8. The molecule has 94 valence electrons. The molecule has 1 aliphatic rings. The predicted molar refractivity (Wildman–Crippen MR) is 64.4 cm³/mol. The van der Waals surface area contributed by atoms with Gasteiger partial charge in [-0.15, -0.1) is 0 Å². The van der Waals surface area contributed by atoms with Crippen molar-refractivity contribution in [2.45, 2.75) is 38.6 Å². The summed E-state index contributed by atoms with van der Waals surface area (Å²) in [6.07, 6.45) is 3.86. The van der Waals surface area contributed by atoms with Gasteiger partial charge in [0.05, 0.1) is 0 Å². The molecule has 1 heterocycles. The topological polar surface area (TPSA) is 41.6 Å². The highest BCUT2D eigenvalue weighted by molar-refractivity contribution is 5.75. The van der Waals surface area contributed by atoms with Crippen LogP contribution in [0.25, 0.3) is 0 Å². The van der Waals surface area contributed by atoms with Gasteiger partial charge in [-0.1, -0.05) is 6.92 Å². The maximum atomic E-state index is 11.2. The lowest BCUT2D eigenvalue weighted by Crippen LogP contribution is -2.44. The van der Waals surface area contributed by atoms with Gasteiger partial charge in [0.25, 0.3) is 0 Å². The van der Waals surface area contributed by atoms with E-state index in [9.17, 15) is 4.79 Å². The molecular formula is C12H24N2O2. The standard InChI is InChI=1S/C12H24N2O2/c1-3-12(15)13-11-5-8-14(9-6-11)7-4-10-16-2/h11H,3-10H2,1-2H3,(H,13,15). The van der Waals surface area contributed by atoms with Crippen molar-refractivity contribution in [3.05, 3.63) is 0 Å². The smallest absolute Gasteiger partial charge is 0.219 e. The lowest BCUT2D eigenvalue weighted by Gasteiger charge is -2.32. The Balaban J connectivity index is 2.11. The van der Waals surface area contributed by atoms with Crippen LogP contribution in [0.15, 0.2) is 0 Å². The highest BCUT2D eigenvalue weighted by Crippen LogP contribution is 2.10. The quantitative estimate of drug-likeness (QED) is 0.690. The Kier molecular flexibility index (Phi) is 6.42. The fraction of sp³-hybridized carbons (Fsp3) is 0.917. The minimum absolute atomic E-state index is 0.179. The second-order valence-electron chi connectivity index (χ2n) is 4.38. The Labute approximate surface area is 98.3 Å². The van der Waals surface area contributed by atoms with E-state index >= 15 is 0 Å². The minimum Gasteiger partial charge on any atom is -0.385 e. The molecule has 1 N–H and O–H groups in total. The fourth-order valence-electron chi connectivity index (χ4n) is 2.06. The van der Waals surface area contributed by atoms with E-state index in [0.29, 0.717) is 12.5 Å². The van der Waals surface area contributed by atoms with Gasteiger partial charge in [-0.2, -0.15) is 0 Å².